The summed E-state index contributed by atoms with van der Waals surface area (Å²) in [7, 11) is 4.51. The number of nitrogens with one attached hydrogen (secondary N) is 2. The topological polar surface area (TPSA) is 131 Å². The van der Waals surface area contributed by atoms with Crippen LogP contribution in [0.25, 0.3) is 10.8 Å². The molecule has 5 aromatic carbocycles. The maximum atomic E-state index is 13.5. The van der Waals surface area contributed by atoms with Gasteiger partial charge >= 0.3 is 0 Å². The van der Waals surface area contributed by atoms with Gasteiger partial charge in [-0.05, 0) is 60.3 Å². The molecular formula is C34H30N4O6. The summed E-state index contributed by atoms with van der Waals surface area (Å²) in [5.74, 6) is 0.0478. The van der Waals surface area contributed by atoms with E-state index >= 15 is 0 Å². The third-order valence-corrected chi connectivity index (χ3v) is 6.94. The van der Waals surface area contributed by atoms with Crippen molar-refractivity contribution in [2.24, 2.45) is 10.2 Å². The zero-order valence-electron chi connectivity index (χ0n) is 24.5. The molecule has 0 fully saturated rings. The average Bonchev–Trinajstić information content (AvgIpc) is 3.04. The van der Waals surface area contributed by atoms with Crippen molar-refractivity contribution < 1.29 is 28.9 Å². The summed E-state index contributed by atoms with van der Waals surface area (Å²) in [5.41, 5.74) is 2.47. The molecule has 0 bridgehead atoms. The van der Waals surface area contributed by atoms with E-state index in [0.29, 0.717) is 45.0 Å². The minimum Gasteiger partial charge on any atom is -0.505 e. The number of carbonyl (C=O) groups is 2. The molecule has 5 aromatic rings. The molecule has 0 saturated carbocycles. The fourth-order valence-electron chi connectivity index (χ4n) is 4.67. The van der Waals surface area contributed by atoms with Crippen LogP contribution in [-0.4, -0.2) is 38.3 Å². The van der Waals surface area contributed by atoms with Crippen molar-refractivity contribution in [2.45, 2.75) is 6.92 Å². The Morgan fingerprint density at radius 3 is 2.14 bits per heavy atom. The van der Waals surface area contributed by atoms with Gasteiger partial charge < -0.3 is 30.0 Å². The number of aromatic hydroxyl groups is 1. The minimum atomic E-state index is -0.592. The lowest BCUT2D eigenvalue weighted by atomic mass is 10.0. The highest BCUT2D eigenvalue weighted by atomic mass is 16.5. The number of amides is 2. The van der Waals surface area contributed by atoms with Crippen LogP contribution in [0.2, 0.25) is 0 Å². The number of anilines is 2. The number of fused-ring (bicyclic) bond motifs is 1. The molecule has 0 heterocycles. The molecule has 0 aliphatic carbocycles. The molecule has 10 nitrogen and oxygen atoms in total. The number of carbonyl (C=O) groups excluding carboxylic acids is 2. The van der Waals surface area contributed by atoms with E-state index in [1.54, 1.807) is 60.7 Å². The largest absolute Gasteiger partial charge is 0.505 e. The highest BCUT2D eigenvalue weighted by Gasteiger charge is 2.21. The van der Waals surface area contributed by atoms with Gasteiger partial charge in [-0.2, -0.15) is 0 Å². The lowest BCUT2D eigenvalue weighted by Crippen LogP contribution is -2.13. The van der Waals surface area contributed by atoms with Crippen molar-refractivity contribution >= 4 is 45.3 Å². The first-order valence-corrected chi connectivity index (χ1v) is 13.6. The van der Waals surface area contributed by atoms with Gasteiger partial charge in [0, 0.05) is 22.7 Å². The van der Waals surface area contributed by atoms with Crippen molar-refractivity contribution in [1.82, 2.24) is 0 Å². The Morgan fingerprint density at radius 2 is 1.41 bits per heavy atom. The highest BCUT2D eigenvalue weighted by molar-refractivity contribution is 6.12. The Morgan fingerprint density at radius 1 is 0.705 bits per heavy atom. The quantitative estimate of drug-likeness (QED) is 0.150. The van der Waals surface area contributed by atoms with Gasteiger partial charge in [0.1, 0.15) is 28.6 Å². The predicted molar refractivity (Wildman–Crippen MR) is 169 cm³/mol. The average molecular weight is 591 g/mol. The van der Waals surface area contributed by atoms with E-state index in [4.69, 9.17) is 14.2 Å². The smallest absolute Gasteiger partial charge is 0.259 e. The molecule has 3 N–H and O–H groups in total. The van der Waals surface area contributed by atoms with E-state index in [2.05, 4.69) is 20.9 Å². The second kappa shape index (κ2) is 13.0. The van der Waals surface area contributed by atoms with E-state index in [0.717, 1.165) is 5.56 Å². The number of hydrogen-bond donors (Lipinski definition) is 3. The molecule has 0 spiro atoms. The van der Waals surface area contributed by atoms with Crippen molar-refractivity contribution in [1.29, 1.82) is 0 Å². The predicted octanol–water partition coefficient (Wildman–Crippen LogP) is 7.80. The lowest BCUT2D eigenvalue weighted by Gasteiger charge is -2.15. The van der Waals surface area contributed by atoms with E-state index in [1.165, 1.54) is 27.4 Å². The third kappa shape index (κ3) is 6.14. The van der Waals surface area contributed by atoms with Crippen molar-refractivity contribution in [3.05, 3.63) is 108 Å². The normalized spacial score (nSPS) is 10.9. The van der Waals surface area contributed by atoms with E-state index in [-0.39, 0.29) is 28.6 Å². The standard InChI is InChI=1S/C34H30N4O6/c1-20-16-30(44-4)26(19-29(20)43-3)36-34(41)25-17-21-10-8-9-13-24(21)31(32(25)39)38-37-27-18-22(14-15-28(27)42-2)33(40)35-23-11-6-5-7-12-23/h5-19,39H,1-4H3,(H,35,40)(H,36,41). The number of phenols is 1. The number of aryl methyl sites for hydroxylation is 1. The second-order valence-electron chi connectivity index (χ2n) is 9.73. The Bertz CT molecular complexity index is 1890. The molecule has 44 heavy (non-hydrogen) atoms. The molecule has 0 aromatic heterocycles. The minimum absolute atomic E-state index is 0.0257. The zero-order valence-corrected chi connectivity index (χ0v) is 24.5. The van der Waals surface area contributed by atoms with Crippen molar-refractivity contribution in [3.8, 4) is 23.0 Å². The van der Waals surface area contributed by atoms with Crippen LogP contribution in [0, 0.1) is 6.92 Å². The Balaban J connectivity index is 1.52. The van der Waals surface area contributed by atoms with Crippen LogP contribution in [0.1, 0.15) is 26.3 Å². The first-order valence-electron chi connectivity index (χ1n) is 13.6. The van der Waals surface area contributed by atoms with Gasteiger partial charge in [-0.1, -0.05) is 42.5 Å². The van der Waals surface area contributed by atoms with Crippen LogP contribution in [0.15, 0.2) is 101 Å². The van der Waals surface area contributed by atoms with Crippen molar-refractivity contribution in [2.75, 3.05) is 32.0 Å². The van der Waals surface area contributed by atoms with E-state index in [1.807, 2.05) is 31.2 Å². The molecule has 0 aliphatic rings. The summed E-state index contributed by atoms with van der Waals surface area (Å²) in [5, 5.41) is 26.9. The van der Waals surface area contributed by atoms with Gasteiger partial charge in [0.25, 0.3) is 11.8 Å². The first-order chi connectivity index (χ1) is 21.3. The molecule has 222 valence electrons. The van der Waals surface area contributed by atoms with Crippen LogP contribution in [0.4, 0.5) is 22.7 Å². The molecule has 0 unspecified atom stereocenters. The first kappa shape index (κ1) is 29.6. The number of nitrogens with zero attached hydrogens (tertiary/aromatic N) is 2. The number of benzene rings is 5. The van der Waals surface area contributed by atoms with Crippen molar-refractivity contribution in [3.63, 3.8) is 0 Å². The summed E-state index contributed by atoms with van der Waals surface area (Å²) in [4.78, 5) is 26.4. The van der Waals surface area contributed by atoms with Crippen LogP contribution in [0.5, 0.6) is 23.0 Å². The monoisotopic (exact) mass is 590 g/mol. The maximum absolute atomic E-state index is 13.5. The van der Waals surface area contributed by atoms with Crippen LogP contribution in [-0.2, 0) is 0 Å². The Hall–Kier alpha value is -5.90. The van der Waals surface area contributed by atoms with Gasteiger partial charge in [0.2, 0.25) is 0 Å². The molecule has 2 amide bonds. The Labute approximate surface area is 253 Å². The number of phenolic OH excluding ortho intramolecular Hbond substituents is 1. The van der Waals surface area contributed by atoms with Crippen LogP contribution >= 0.6 is 0 Å². The number of hydrogen-bond acceptors (Lipinski definition) is 8. The number of rotatable bonds is 9. The summed E-state index contributed by atoms with van der Waals surface area (Å²) in [6.45, 7) is 1.86. The maximum Gasteiger partial charge on any atom is 0.259 e. The summed E-state index contributed by atoms with van der Waals surface area (Å²) in [6.07, 6.45) is 0. The van der Waals surface area contributed by atoms with Gasteiger partial charge in [0.15, 0.2) is 5.75 Å². The number of azo groups is 1. The fraction of sp³-hybridized carbons (Fsp3) is 0.118. The zero-order chi connectivity index (χ0) is 31.2. The second-order valence-corrected chi connectivity index (χ2v) is 9.73. The lowest BCUT2D eigenvalue weighted by molar-refractivity contribution is 0.101. The molecule has 10 heteroatoms. The van der Waals surface area contributed by atoms with E-state index in [9.17, 15) is 14.7 Å². The van der Waals surface area contributed by atoms with E-state index < -0.39 is 5.91 Å². The molecule has 0 atom stereocenters. The van der Waals surface area contributed by atoms with Gasteiger partial charge in [0.05, 0.1) is 32.6 Å². The molecule has 0 saturated heterocycles. The van der Waals surface area contributed by atoms with Gasteiger partial charge in [-0.3, -0.25) is 9.59 Å². The molecular weight excluding hydrogens is 560 g/mol. The molecule has 0 aliphatic heterocycles. The fourth-order valence-corrected chi connectivity index (χ4v) is 4.67. The Kier molecular flexibility index (Phi) is 8.71. The molecule has 5 rings (SSSR count). The third-order valence-electron chi connectivity index (χ3n) is 6.94. The van der Waals surface area contributed by atoms with Gasteiger partial charge in [-0.25, -0.2) is 0 Å². The summed E-state index contributed by atoms with van der Waals surface area (Å²) < 4.78 is 16.3. The number of methoxy groups -OCH3 is 3. The summed E-state index contributed by atoms with van der Waals surface area (Å²) in [6, 6.07) is 26.0. The van der Waals surface area contributed by atoms with Gasteiger partial charge in [-0.15, -0.1) is 10.2 Å². The van der Waals surface area contributed by atoms with Crippen LogP contribution < -0.4 is 24.8 Å². The number of ether oxygens (including phenoxy) is 3. The molecule has 0 radical (unpaired) electrons. The number of para-hydroxylation sites is 1. The SMILES string of the molecule is COc1cc(NC(=O)c2cc3ccccc3c(N=Nc3cc(C(=O)Nc4ccccc4)ccc3OC)c2O)c(OC)cc1C. The summed E-state index contributed by atoms with van der Waals surface area (Å²) >= 11 is 0. The van der Waals surface area contributed by atoms with Crippen LogP contribution in [0.3, 0.4) is 0 Å². The highest BCUT2D eigenvalue weighted by Crippen LogP contribution is 2.41.